The zero-order valence-corrected chi connectivity index (χ0v) is 9.15. The van der Waals surface area contributed by atoms with Crippen LogP contribution >= 0.6 is 12.4 Å². The molecule has 2 aromatic rings. The predicted octanol–water partition coefficient (Wildman–Crippen LogP) is 3.00. The van der Waals surface area contributed by atoms with E-state index in [4.69, 9.17) is 0 Å². The summed E-state index contributed by atoms with van der Waals surface area (Å²) in [5, 5.41) is 0. The van der Waals surface area contributed by atoms with E-state index in [1.165, 1.54) is 17.5 Å². The second-order valence-corrected chi connectivity index (χ2v) is 3.19. The van der Waals surface area contributed by atoms with Gasteiger partial charge in [-0.15, -0.1) is 12.4 Å². The summed E-state index contributed by atoms with van der Waals surface area (Å²) >= 11 is 0. The van der Waals surface area contributed by atoms with Crippen LogP contribution in [0, 0.1) is 0 Å². The molecule has 0 aliphatic heterocycles. The third-order valence-electron chi connectivity index (χ3n) is 2.14. The molecule has 78 valence electrons. The van der Waals surface area contributed by atoms with Crippen LogP contribution in [-0.4, -0.2) is 9.55 Å². The second-order valence-electron chi connectivity index (χ2n) is 3.19. The minimum absolute atomic E-state index is 0. The molecule has 0 radical (unpaired) electrons. The van der Waals surface area contributed by atoms with Gasteiger partial charge < -0.3 is 4.57 Å². The maximum atomic E-state index is 3.78. The van der Waals surface area contributed by atoms with Crippen LogP contribution in [0.2, 0.25) is 0 Å². The van der Waals surface area contributed by atoms with E-state index in [0.29, 0.717) is 0 Å². The summed E-state index contributed by atoms with van der Waals surface area (Å²) in [6.45, 7) is 3.53. The SMILES string of the molecule is C=Cn1ccnc1.Cl.c1cc2cc(c1)C2. The summed E-state index contributed by atoms with van der Waals surface area (Å²) in [6.07, 6.45) is 8.13. The van der Waals surface area contributed by atoms with Crippen molar-refractivity contribution in [3.05, 3.63) is 60.7 Å². The fraction of sp³-hybridized carbons (Fsp3) is 0.0833. The molecule has 0 amide bonds. The van der Waals surface area contributed by atoms with Crippen molar-refractivity contribution >= 4 is 18.6 Å². The quantitative estimate of drug-likeness (QED) is 0.617. The van der Waals surface area contributed by atoms with E-state index in [1.807, 2.05) is 6.20 Å². The molecular formula is C12H13ClN2. The molecule has 4 rings (SSSR count). The van der Waals surface area contributed by atoms with Gasteiger partial charge in [-0.25, -0.2) is 4.98 Å². The van der Waals surface area contributed by atoms with Gasteiger partial charge in [-0.3, -0.25) is 0 Å². The zero-order valence-electron chi connectivity index (χ0n) is 8.34. The number of halogens is 1. The first kappa shape index (κ1) is 11.5. The number of rotatable bonds is 1. The van der Waals surface area contributed by atoms with E-state index in [2.05, 4.69) is 35.8 Å². The summed E-state index contributed by atoms with van der Waals surface area (Å²) in [7, 11) is 0. The van der Waals surface area contributed by atoms with Crippen molar-refractivity contribution in [1.82, 2.24) is 9.55 Å². The summed E-state index contributed by atoms with van der Waals surface area (Å²) in [6, 6.07) is 8.65. The van der Waals surface area contributed by atoms with Gasteiger partial charge in [-0.05, 0) is 17.5 Å². The Morgan fingerprint density at radius 3 is 2.20 bits per heavy atom. The molecule has 0 fully saturated rings. The van der Waals surface area contributed by atoms with Gasteiger partial charge in [0.2, 0.25) is 0 Å². The van der Waals surface area contributed by atoms with Crippen LogP contribution in [0.25, 0.3) is 6.20 Å². The third-order valence-corrected chi connectivity index (χ3v) is 2.14. The Morgan fingerprint density at radius 1 is 1.33 bits per heavy atom. The van der Waals surface area contributed by atoms with Gasteiger partial charge in [0, 0.05) is 18.6 Å². The molecule has 1 heterocycles. The van der Waals surface area contributed by atoms with Crippen molar-refractivity contribution in [2.24, 2.45) is 0 Å². The van der Waals surface area contributed by atoms with E-state index in [9.17, 15) is 0 Å². The van der Waals surface area contributed by atoms with Gasteiger partial charge in [0.15, 0.2) is 0 Å². The minimum atomic E-state index is 0. The van der Waals surface area contributed by atoms with Crippen molar-refractivity contribution in [2.45, 2.75) is 6.42 Å². The van der Waals surface area contributed by atoms with Gasteiger partial charge in [-0.2, -0.15) is 0 Å². The lowest BCUT2D eigenvalue weighted by atomic mass is 9.94. The van der Waals surface area contributed by atoms with Crippen molar-refractivity contribution in [3.8, 4) is 0 Å². The molecule has 0 unspecified atom stereocenters. The standard InChI is InChI=1S/C7H6.C5H6N2.ClH/c1-2-6-4-7(3-1)5-6;1-2-7-4-3-6-5-7;/h1-4H,5H2;2-5H,1H2;1H. The number of nitrogens with zero attached hydrogens (tertiary/aromatic N) is 2. The molecule has 2 nitrogen and oxygen atoms in total. The van der Waals surface area contributed by atoms with Crippen LogP contribution in [0.3, 0.4) is 0 Å². The van der Waals surface area contributed by atoms with Crippen LogP contribution in [0.1, 0.15) is 11.1 Å². The van der Waals surface area contributed by atoms with Gasteiger partial charge in [-0.1, -0.05) is 30.8 Å². The van der Waals surface area contributed by atoms with E-state index >= 15 is 0 Å². The van der Waals surface area contributed by atoms with Crippen molar-refractivity contribution < 1.29 is 0 Å². The monoisotopic (exact) mass is 220 g/mol. The van der Waals surface area contributed by atoms with E-state index in [0.717, 1.165) is 0 Å². The molecule has 15 heavy (non-hydrogen) atoms. The number of hydrogen-bond acceptors (Lipinski definition) is 1. The van der Waals surface area contributed by atoms with E-state index < -0.39 is 0 Å². The Labute approximate surface area is 95.7 Å². The minimum Gasteiger partial charge on any atom is -0.314 e. The van der Waals surface area contributed by atoms with Crippen LogP contribution in [0.4, 0.5) is 0 Å². The lowest BCUT2D eigenvalue weighted by Crippen LogP contribution is -1.97. The Bertz CT molecular complexity index is 396. The van der Waals surface area contributed by atoms with Crippen LogP contribution < -0.4 is 0 Å². The summed E-state index contributed by atoms with van der Waals surface area (Å²) < 4.78 is 1.78. The Hall–Kier alpha value is -1.54. The molecule has 3 heteroatoms. The van der Waals surface area contributed by atoms with Crippen molar-refractivity contribution in [1.29, 1.82) is 0 Å². The lowest BCUT2D eigenvalue weighted by Gasteiger charge is -2.11. The molecule has 2 aliphatic rings. The lowest BCUT2D eigenvalue weighted by molar-refractivity contribution is 1.09. The topological polar surface area (TPSA) is 17.8 Å². The molecule has 0 atom stereocenters. The summed E-state index contributed by atoms with van der Waals surface area (Å²) in [5.41, 5.74) is 2.97. The number of imidazole rings is 1. The first-order valence-electron chi connectivity index (χ1n) is 4.56. The Balaban J connectivity index is 0.000000141. The highest BCUT2D eigenvalue weighted by atomic mass is 35.5. The van der Waals surface area contributed by atoms with Gasteiger partial charge in [0.05, 0.1) is 6.33 Å². The van der Waals surface area contributed by atoms with Gasteiger partial charge >= 0.3 is 0 Å². The normalized spacial score (nSPS) is 10.1. The van der Waals surface area contributed by atoms with Crippen molar-refractivity contribution in [2.75, 3.05) is 0 Å². The fourth-order valence-electron chi connectivity index (χ4n) is 1.33. The van der Waals surface area contributed by atoms with E-state index in [-0.39, 0.29) is 12.4 Å². The molecule has 1 aromatic carbocycles. The fourth-order valence-corrected chi connectivity index (χ4v) is 1.33. The molecule has 0 spiro atoms. The smallest absolute Gasteiger partial charge is 0.0986 e. The van der Waals surface area contributed by atoms with E-state index in [1.54, 1.807) is 23.3 Å². The van der Waals surface area contributed by atoms with Gasteiger partial charge in [0.25, 0.3) is 0 Å². The first-order valence-corrected chi connectivity index (χ1v) is 4.56. The van der Waals surface area contributed by atoms with Crippen LogP contribution in [-0.2, 0) is 6.42 Å². The molecule has 2 bridgehead atoms. The second kappa shape index (κ2) is 5.37. The zero-order chi connectivity index (χ0) is 9.80. The predicted molar refractivity (Wildman–Crippen MR) is 65.1 cm³/mol. The number of benzene rings is 1. The molecule has 0 saturated heterocycles. The van der Waals surface area contributed by atoms with Crippen LogP contribution in [0.15, 0.2) is 49.6 Å². The van der Waals surface area contributed by atoms with Crippen LogP contribution in [0.5, 0.6) is 0 Å². The largest absolute Gasteiger partial charge is 0.314 e. The molecule has 1 aromatic heterocycles. The Morgan fingerprint density at radius 2 is 2.00 bits per heavy atom. The maximum absolute atomic E-state index is 3.78. The molecule has 0 saturated carbocycles. The molecule has 0 N–H and O–H groups in total. The van der Waals surface area contributed by atoms with Gasteiger partial charge in [0.1, 0.15) is 0 Å². The summed E-state index contributed by atoms with van der Waals surface area (Å²) in [4.78, 5) is 3.78. The molecule has 2 aliphatic carbocycles. The third kappa shape index (κ3) is 2.96. The maximum Gasteiger partial charge on any atom is 0.0986 e. The average Bonchev–Trinajstić information content (AvgIpc) is 2.71. The number of hydrogen-bond donors (Lipinski definition) is 0. The average molecular weight is 221 g/mol. The number of aromatic nitrogens is 2. The highest BCUT2D eigenvalue weighted by molar-refractivity contribution is 5.85. The Kier molecular flexibility index (Phi) is 4.13. The van der Waals surface area contributed by atoms with Crippen molar-refractivity contribution in [3.63, 3.8) is 0 Å². The first-order chi connectivity index (χ1) is 6.88. The molecular weight excluding hydrogens is 208 g/mol. The number of fused-ring (bicyclic) bond motifs is 2. The highest BCUT2D eigenvalue weighted by Gasteiger charge is 2.04. The summed E-state index contributed by atoms with van der Waals surface area (Å²) in [5.74, 6) is 0. The highest BCUT2D eigenvalue weighted by Crippen LogP contribution is 2.18.